The van der Waals surface area contributed by atoms with Crippen molar-refractivity contribution in [1.29, 1.82) is 0 Å². The molecule has 5 heteroatoms. The lowest BCUT2D eigenvalue weighted by Crippen LogP contribution is -2.51. The van der Waals surface area contributed by atoms with Crippen molar-refractivity contribution in [3.05, 3.63) is 76.5 Å². The lowest BCUT2D eigenvalue weighted by atomic mass is 9.76. The number of benzene rings is 1. The molecule has 2 bridgehead atoms. The maximum Gasteiger partial charge on any atom is 0.272 e. The summed E-state index contributed by atoms with van der Waals surface area (Å²) in [6.07, 6.45) is 4.88. The smallest absolute Gasteiger partial charge is 0.272 e. The summed E-state index contributed by atoms with van der Waals surface area (Å²) in [6.45, 7) is 5.78. The Morgan fingerprint density at radius 1 is 1.10 bits per heavy atom. The van der Waals surface area contributed by atoms with Crippen LogP contribution in [0.25, 0.3) is 10.8 Å². The Morgan fingerprint density at radius 3 is 2.71 bits per heavy atom. The third-order valence-corrected chi connectivity index (χ3v) is 6.98. The molecule has 1 saturated heterocycles. The van der Waals surface area contributed by atoms with E-state index in [1.165, 1.54) is 0 Å². The quantitative estimate of drug-likeness (QED) is 0.624. The Balaban J connectivity index is 1.47. The SMILES string of the molecule is CC(C)CC[C@H]1[C@H]2C[C@H](CN(C(=O)c3cc4ccccc4cn3)C2)c2cccc(=O)n21. The number of aromatic nitrogens is 2. The molecule has 0 radical (unpaired) electrons. The molecule has 2 aliphatic rings. The Kier molecular flexibility index (Phi) is 5.12. The monoisotopic (exact) mass is 415 g/mol. The molecule has 0 aliphatic carbocycles. The van der Waals surface area contributed by atoms with Gasteiger partial charge in [-0.2, -0.15) is 0 Å². The molecule has 3 atom stereocenters. The second-order valence-electron chi connectivity index (χ2n) is 9.52. The van der Waals surface area contributed by atoms with Gasteiger partial charge in [0.15, 0.2) is 0 Å². The van der Waals surface area contributed by atoms with Gasteiger partial charge in [-0.25, -0.2) is 0 Å². The summed E-state index contributed by atoms with van der Waals surface area (Å²) in [6, 6.07) is 15.7. The van der Waals surface area contributed by atoms with Gasteiger partial charge in [0.1, 0.15) is 5.69 Å². The van der Waals surface area contributed by atoms with Crippen molar-refractivity contribution in [3.8, 4) is 0 Å². The molecule has 0 unspecified atom stereocenters. The van der Waals surface area contributed by atoms with Crippen LogP contribution in [0.4, 0.5) is 0 Å². The number of hydrogen-bond acceptors (Lipinski definition) is 3. The fourth-order valence-corrected chi connectivity index (χ4v) is 5.44. The van der Waals surface area contributed by atoms with E-state index in [-0.39, 0.29) is 23.4 Å². The van der Waals surface area contributed by atoms with E-state index >= 15 is 0 Å². The molecule has 0 spiro atoms. The number of piperidine rings is 1. The van der Waals surface area contributed by atoms with E-state index < -0.39 is 0 Å². The fourth-order valence-electron chi connectivity index (χ4n) is 5.44. The van der Waals surface area contributed by atoms with Crippen LogP contribution in [0.5, 0.6) is 0 Å². The van der Waals surface area contributed by atoms with Crippen molar-refractivity contribution in [1.82, 2.24) is 14.5 Å². The number of hydrogen-bond donors (Lipinski definition) is 0. The number of fused-ring (bicyclic) bond motifs is 5. The van der Waals surface area contributed by atoms with Gasteiger partial charge in [-0.1, -0.05) is 44.2 Å². The summed E-state index contributed by atoms with van der Waals surface area (Å²) in [7, 11) is 0. The Hall–Kier alpha value is -2.95. The molecule has 3 aromatic rings. The topological polar surface area (TPSA) is 55.2 Å². The van der Waals surface area contributed by atoms with Gasteiger partial charge in [0.05, 0.1) is 0 Å². The maximum atomic E-state index is 13.4. The standard InChI is InChI=1S/C26H29N3O2/c1-17(2)10-11-24-21-12-20(23-8-5-9-25(30)29(23)24)15-28(16-21)26(31)22-13-18-6-3-4-7-19(18)14-27-22/h3-9,13-14,17,20-21,24H,10-12,15-16H2,1-2H3/t20-,21+,24+/m1/s1. The molecule has 2 aliphatic heterocycles. The molecule has 1 aromatic carbocycles. The summed E-state index contributed by atoms with van der Waals surface area (Å²) in [4.78, 5) is 32.6. The highest BCUT2D eigenvalue weighted by atomic mass is 16.2. The van der Waals surface area contributed by atoms with Crippen molar-refractivity contribution in [2.75, 3.05) is 13.1 Å². The third kappa shape index (κ3) is 3.67. The molecule has 1 amide bonds. The summed E-state index contributed by atoms with van der Waals surface area (Å²) >= 11 is 0. The molecule has 2 aromatic heterocycles. The summed E-state index contributed by atoms with van der Waals surface area (Å²) < 4.78 is 2.04. The number of amides is 1. The first-order valence-corrected chi connectivity index (χ1v) is 11.4. The van der Waals surface area contributed by atoms with Gasteiger partial charge in [0.25, 0.3) is 11.5 Å². The van der Waals surface area contributed by atoms with Crippen LogP contribution in [-0.2, 0) is 0 Å². The second-order valence-corrected chi connectivity index (χ2v) is 9.52. The van der Waals surface area contributed by atoms with Gasteiger partial charge in [0.2, 0.25) is 0 Å². The zero-order valence-corrected chi connectivity index (χ0v) is 18.2. The molecule has 5 rings (SSSR count). The highest BCUT2D eigenvalue weighted by Gasteiger charge is 2.41. The molecule has 1 fully saturated rings. The van der Waals surface area contributed by atoms with Crippen LogP contribution in [0.15, 0.2) is 59.5 Å². The van der Waals surface area contributed by atoms with Gasteiger partial charge >= 0.3 is 0 Å². The predicted molar refractivity (Wildman–Crippen MR) is 122 cm³/mol. The normalized spacial score (nSPS) is 22.5. The first-order chi connectivity index (χ1) is 15.0. The number of carbonyl (C=O) groups is 1. The zero-order valence-electron chi connectivity index (χ0n) is 18.2. The number of nitrogens with zero attached hydrogens (tertiary/aromatic N) is 3. The highest BCUT2D eigenvalue weighted by molar-refractivity contribution is 5.96. The van der Waals surface area contributed by atoms with E-state index in [4.69, 9.17) is 0 Å². The molecule has 0 saturated carbocycles. The Bertz CT molecular complexity index is 1180. The van der Waals surface area contributed by atoms with Gasteiger partial charge < -0.3 is 9.47 Å². The summed E-state index contributed by atoms with van der Waals surface area (Å²) in [5.41, 5.74) is 1.68. The van der Waals surface area contributed by atoms with Crippen LogP contribution >= 0.6 is 0 Å². The van der Waals surface area contributed by atoms with E-state index in [0.717, 1.165) is 35.7 Å². The van der Waals surface area contributed by atoms with Crippen LogP contribution in [-0.4, -0.2) is 33.4 Å². The van der Waals surface area contributed by atoms with E-state index in [1.807, 2.05) is 45.9 Å². The Labute approximate surface area is 182 Å². The van der Waals surface area contributed by atoms with Crippen molar-refractivity contribution in [3.63, 3.8) is 0 Å². The fraction of sp³-hybridized carbons (Fsp3) is 0.423. The molecule has 0 N–H and O–H groups in total. The van der Waals surface area contributed by atoms with E-state index in [1.54, 1.807) is 12.3 Å². The largest absolute Gasteiger partial charge is 0.336 e. The van der Waals surface area contributed by atoms with Crippen molar-refractivity contribution < 1.29 is 4.79 Å². The van der Waals surface area contributed by atoms with Crippen LogP contribution in [0.1, 0.15) is 61.3 Å². The number of pyridine rings is 2. The lowest BCUT2D eigenvalue weighted by Gasteiger charge is -2.47. The van der Waals surface area contributed by atoms with Gasteiger partial charge in [0, 0.05) is 48.4 Å². The van der Waals surface area contributed by atoms with Crippen molar-refractivity contribution in [2.24, 2.45) is 11.8 Å². The molecule has 160 valence electrons. The van der Waals surface area contributed by atoms with Crippen LogP contribution in [0.2, 0.25) is 0 Å². The van der Waals surface area contributed by atoms with Gasteiger partial charge in [-0.3, -0.25) is 14.6 Å². The first kappa shape index (κ1) is 20.0. The third-order valence-electron chi connectivity index (χ3n) is 6.98. The number of likely N-dealkylation sites (tertiary alicyclic amines) is 1. The van der Waals surface area contributed by atoms with E-state index in [2.05, 4.69) is 24.9 Å². The Morgan fingerprint density at radius 2 is 1.90 bits per heavy atom. The van der Waals surface area contributed by atoms with E-state index in [9.17, 15) is 9.59 Å². The van der Waals surface area contributed by atoms with Crippen molar-refractivity contribution >= 4 is 16.7 Å². The maximum absolute atomic E-state index is 13.4. The van der Waals surface area contributed by atoms with Crippen LogP contribution in [0.3, 0.4) is 0 Å². The minimum Gasteiger partial charge on any atom is -0.336 e. The average molecular weight is 416 g/mol. The molecular formula is C26H29N3O2. The summed E-state index contributed by atoms with van der Waals surface area (Å²) in [5.74, 6) is 1.08. The van der Waals surface area contributed by atoms with Crippen molar-refractivity contribution in [2.45, 2.75) is 45.1 Å². The average Bonchev–Trinajstić information content (AvgIpc) is 2.78. The van der Waals surface area contributed by atoms with Crippen LogP contribution in [0, 0.1) is 11.8 Å². The second kappa shape index (κ2) is 7.95. The minimum absolute atomic E-state index is 0.00482. The zero-order chi connectivity index (χ0) is 21.5. The number of rotatable bonds is 4. The molecular weight excluding hydrogens is 386 g/mol. The highest BCUT2D eigenvalue weighted by Crippen LogP contribution is 2.43. The lowest BCUT2D eigenvalue weighted by molar-refractivity contribution is 0.0508. The van der Waals surface area contributed by atoms with Gasteiger partial charge in [-0.15, -0.1) is 0 Å². The first-order valence-electron chi connectivity index (χ1n) is 11.4. The van der Waals surface area contributed by atoms with Crippen LogP contribution < -0.4 is 5.56 Å². The number of carbonyl (C=O) groups excluding carboxylic acids is 1. The van der Waals surface area contributed by atoms with E-state index in [0.29, 0.717) is 30.6 Å². The molecule has 31 heavy (non-hydrogen) atoms. The molecule has 5 nitrogen and oxygen atoms in total. The minimum atomic E-state index is -0.00482. The van der Waals surface area contributed by atoms with Gasteiger partial charge in [-0.05, 0) is 48.6 Å². The summed E-state index contributed by atoms with van der Waals surface area (Å²) in [5, 5.41) is 2.07. The molecule has 4 heterocycles. The predicted octanol–water partition coefficient (Wildman–Crippen LogP) is 4.63.